The number of likely N-dealkylation sites (N-methyl/N-ethyl adjacent to an activating group) is 1. The molecule has 1 amide bonds. The van der Waals surface area contributed by atoms with Gasteiger partial charge >= 0.3 is 0 Å². The van der Waals surface area contributed by atoms with Crippen molar-refractivity contribution in [2.75, 3.05) is 27.7 Å². The zero-order chi connectivity index (χ0) is 29.8. The number of ketones is 2. The first-order chi connectivity index (χ1) is 19.4. The van der Waals surface area contributed by atoms with Crippen molar-refractivity contribution in [3.05, 3.63) is 39.7 Å². The summed E-state index contributed by atoms with van der Waals surface area (Å²) in [5.41, 5.74) is 2.95. The van der Waals surface area contributed by atoms with Crippen LogP contribution in [0.4, 0.5) is 0 Å². The van der Waals surface area contributed by atoms with Gasteiger partial charge < -0.3 is 36.2 Å². The lowest BCUT2D eigenvalue weighted by Gasteiger charge is -2.50. The molecule has 5 rings (SSSR count). The first-order valence-corrected chi connectivity index (χ1v) is 14.2. The van der Waals surface area contributed by atoms with Crippen LogP contribution in [0.15, 0.2) is 23.0 Å². The van der Waals surface area contributed by atoms with E-state index in [0.717, 1.165) is 6.54 Å². The van der Waals surface area contributed by atoms with Gasteiger partial charge in [-0.2, -0.15) is 0 Å². The summed E-state index contributed by atoms with van der Waals surface area (Å²) in [6, 6.07) is 0.371. The Balaban J connectivity index is 1.56. The van der Waals surface area contributed by atoms with Crippen molar-refractivity contribution in [1.82, 2.24) is 10.2 Å². The average Bonchev–Trinajstić information content (AvgIpc) is 2.91. The number of fused-ring (bicyclic) bond motifs is 3. The highest BCUT2D eigenvalue weighted by Crippen LogP contribution is 2.54. The number of rotatable bonds is 7. The quantitative estimate of drug-likeness (QED) is 0.264. The molecule has 4 atom stereocenters. The molecule has 2 fully saturated rings. The Morgan fingerprint density at radius 3 is 2.46 bits per heavy atom. The monoisotopic (exact) mass is 569 g/mol. The van der Waals surface area contributed by atoms with E-state index in [1.54, 1.807) is 14.1 Å². The van der Waals surface area contributed by atoms with Crippen molar-refractivity contribution in [3.63, 3.8) is 0 Å². The number of benzene rings is 1. The molecular formula is C30H39N3O8. The SMILES string of the molecule is COc1c(CNCC2CCCCC2)cc(O)c2c1C[C@H]1C[C@H]3[C@H](N(C)C)C(=O)C(C(N)=O)=C(O)[C@@]3(O)C(=O)C1=C2O. The summed E-state index contributed by atoms with van der Waals surface area (Å²) in [4.78, 5) is 40.8. The highest BCUT2D eigenvalue weighted by atomic mass is 16.5. The fourth-order valence-electron chi connectivity index (χ4n) is 7.54. The number of nitrogens with zero attached hydrogens (tertiary/aromatic N) is 1. The van der Waals surface area contributed by atoms with Crippen LogP contribution in [0.3, 0.4) is 0 Å². The van der Waals surface area contributed by atoms with Crippen molar-refractivity contribution in [3.8, 4) is 11.5 Å². The second kappa shape index (κ2) is 10.8. The zero-order valence-electron chi connectivity index (χ0n) is 23.7. The van der Waals surface area contributed by atoms with Gasteiger partial charge in [-0.25, -0.2) is 0 Å². The third-order valence-electron chi connectivity index (χ3n) is 9.43. The number of methoxy groups -OCH3 is 1. The van der Waals surface area contributed by atoms with Crippen LogP contribution in [0.1, 0.15) is 55.2 Å². The van der Waals surface area contributed by atoms with E-state index in [-0.39, 0.29) is 29.7 Å². The van der Waals surface area contributed by atoms with Gasteiger partial charge in [-0.15, -0.1) is 0 Å². The van der Waals surface area contributed by atoms with E-state index in [1.807, 2.05) is 0 Å². The topological polar surface area (TPSA) is 183 Å². The van der Waals surface area contributed by atoms with Gasteiger partial charge in [0, 0.05) is 29.2 Å². The molecule has 0 radical (unpaired) electrons. The number of nitrogens with two attached hydrogens (primary N) is 1. The van der Waals surface area contributed by atoms with E-state index in [9.17, 15) is 34.8 Å². The summed E-state index contributed by atoms with van der Waals surface area (Å²) in [7, 11) is 4.65. The third kappa shape index (κ3) is 4.50. The van der Waals surface area contributed by atoms with Crippen LogP contribution in [0.5, 0.6) is 11.5 Å². The standard InChI is InChI=1S/C30H39N3O8/c1-33(2)23-18-10-15-9-17-21(19(34)11-16(26(17)41-3)13-32-12-14-7-5-4-6-8-14)24(35)20(15)27(37)30(18,40)28(38)22(25(23)36)29(31)39/h11,14-15,18,23,32,34-35,38,40H,4-10,12-13H2,1-3H3,(H2,31,39)/t15-,18-,23-,30-/m0/s1. The normalized spacial score (nSPS) is 28.5. The van der Waals surface area contributed by atoms with Crippen LogP contribution >= 0.6 is 0 Å². The molecule has 11 heteroatoms. The van der Waals surface area contributed by atoms with Gasteiger partial charge in [0.05, 0.1) is 18.7 Å². The molecule has 0 unspecified atom stereocenters. The predicted octanol–water partition coefficient (Wildman–Crippen LogP) is 1.64. The number of hydrogen-bond donors (Lipinski definition) is 6. The first-order valence-electron chi connectivity index (χ1n) is 14.2. The number of ether oxygens (including phenoxy) is 1. The lowest BCUT2D eigenvalue weighted by Crippen LogP contribution is -2.65. The van der Waals surface area contributed by atoms with Crippen molar-refractivity contribution < 1.29 is 39.5 Å². The number of Topliss-reactive ketones (excluding diaryl/α,β-unsaturated/α-hetero) is 2. The number of phenols is 1. The number of carbonyl (C=O) groups excluding carboxylic acids is 3. The largest absolute Gasteiger partial charge is 0.508 e. The fourth-order valence-corrected chi connectivity index (χ4v) is 7.54. The fraction of sp³-hybridized carbons (Fsp3) is 0.567. The highest BCUT2D eigenvalue weighted by Gasteiger charge is 2.64. The number of primary amides is 1. The predicted molar refractivity (Wildman–Crippen MR) is 149 cm³/mol. The van der Waals surface area contributed by atoms with Crippen molar-refractivity contribution in [1.29, 1.82) is 0 Å². The minimum atomic E-state index is -2.66. The van der Waals surface area contributed by atoms with Gasteiger partial charge in [0.1, 0.15) is 28.6 Å². The maximum absolute atomic E-state index is 13.9. The summed E-state index contributed by atoms with van der Waals surface area (Å²) in [5.74, 6) is -5.65. The van der Waals surface area contributed by atoms with Gasteiger partial charge in [-0.1, -0.05) is 19.3 Å². The Kier molecular flexibility index (Phi) is 7.65. The van der Waals surface area contributed by atoms with Crippen LogP contribution in [0.25, 0.3) is 5.76 Å². The number of phenolic OH excluding ortho intramolecular Hbond substituents is 1. The molecule has 4 aliphatic rings. The van der Waals surface area contributed by atoms with Crippen molar-refractivity contribution in [2.45, 2.75) is 63.1 Å². The lowest BCUT2D eigenvalue weighted by atomic mass is 9.57. The summed E-state index contributed by atoms with van der Waals surface area (Å²) in [6.07, 6.45) is 6.32. The molecule has 1 aromatic carbocycles. The number of aromatic hydroxyl groups is 1. The Bertz CT molecular complexity index is 1360. The molecule has 11 nitrogen and oxygen atoms in total. The summed E-state index contributed by atoms with van der Waals surface area (Å²) >= 11 is 0. The number of aliphatic hydroxyl groups excluding tert-OH is 2. The molecule has 2 saturated carbocycles. The van der Waals surface area contributed by atoms with Crippen LogP contribution in [0, 0.1) is 17.8 Å². The minimum Gasteiger partial charge on any atom is -0.508 e. The Labute approximate surface area is 238 Å². The van der Waals surface area contributed by atoms with Gasteiger partial charge in [0.25, 0.3) is 5.91 Å². The van der Waals surface area contributed by atoms with Crippen molar-refractivity contribution in [2.24, 2.45) is 23.5 Å². The first kappa shape index (κ1) is 29.1. The maximum Gasteiger partial charge on any atom is 0.255 e. The molecule has 0 heterocycles. The highest BCUT2D eigenvalue weighted by molar-refractivity contribution is 6.24. The van der Waals surface area contributed by atoms with E-state index in [2.05, 4.69) is 5.32 Å². The average molecular weight is 570 g/mol. The molecule has 0 saturated heterocycles. The van der Waals surface area contributed by atoms with Gasteiger partial charge in [-0.3, -0.25) is 19.3 Å². The smallest absolute Gasteiger partial charge is 0.255 e. The summed E-state index contributed by atoms with van der Waals surface area (Å²) < 4.78 is 5.78. The second-order valence-corrected chi connectivity index (χ2v) is 12.0. The molecule has 222 valence electrons. The second-order valence-electron chi connectivity index (χ2n) is 12.0. The molecule has 0 aromatic heterocycles. The molecule has 7 N–H and O–H groups in total. The van der Waals surface area contributed by atoms with Gasteiger partial charge in [-0.05, 0) is 64.2 Å². The maximum atomic E-state index is 13.9. The Morgan fingerprint density at radius 2 is 1.85 bits per heavy atom. The van der Waals surface area contributed by atoms with E-state index in [4.69, 9.17) is 10.5 Å². The number of carbonyl (C=O) groups is 3. The lowest BCUT2D eigenvalue weighted by molar-refractivity contribution is -0.153. The number of amides is 1. The Morgan fingerprint density at radius 1 is 1.17 bits per heavy atom. The summed E-state index contributed by atoms with van der Waals surface area (Å²) in [6.45, 7) is 1.29. The molecular weight excluding hydrogens is 530 g/mol. The van der Waals surface area contributed by atoms with Crippen LogP contribution in [0.2, 0.25) is 0 Å². The van der Waals surface area contributed by atoms with Crippen LogP contribution < -0.4 is 15.8 Å². The van der Waals surface area contributed by atoms with E-state index < -0.39 is 58.0 Å². The minimum absolute atomic E-state index is 0.0224. The van der Waals surface area contributed by atoms with E-state index in [1.165, 1.54) is 50.2 Å². The van der Waals surface area contributed by atoms with Crippen molar-refractivity contribution >= 4 is 23.2 Å². The summed E-state index contributed by atoms with van der Waals surface area (Å²) in [5, 5.41) is 48.6. The third-order valence-corrected chi connectivity index (χ3v) is 9.43. The van der Waals surface area contributed by atoms with E-state index in [0.29, 0.717) is 29.3 Å². The number of aliphatic hydroxyl groups is 3. The molecule has 0 spiro atoms. The number of nitrogens with one attached hydrogen (secondary N) is 1. The zero-order valence-corrected chi connectivity index (χ0v) is 23.7. The Hall–Kier alpha value is -3.41. The molecule has 0 bridgehead atoms. The van der Waals surface area contributed by atoms with Gasteiger partial charge in [0.2, 0.25) is 5.78 Å². The van der Waals surface area contributed by atoms with Gasteiger partial charge in [0.15, 0.2) is 11.4 Å². The molecule has 0 aliphatic heterocycles. The van der Waals surface area contributed by atoms with E-state index >= 15 is 0 Å². The van der Waals surface area contributed by atoms with Crippen LogP contribution in [-0.2, 0) is 27.3 Å². The number of hydrogen-bond acceptors (Lipinski definition) is 10. The molecule has 41 heavy (non-hydrogen) atoms. The molecule has 4 aliphatic carbocycles. The molecule has 1 aromatic rings. The van der Waals surface area contributed by atoms with Crippen LogP contribution in [-0.4, -0.2) is 82.2 Å².